The van der Waals surface area contributed by atoms with Crippen LogP contribution in [0.3, 0.4) is 0 Å². The zero-order valence-corrected chi connectivity index (χ0v) is 22.1. The zero-order chi connectivity index (χ0) is 26.9. The lowest BCUT2D eigenvalue weighted by Crippen LogP contribution is -2.45. The first kappa shape index (κ1) is 27.8. The lowest BCUT2D eigenvalue weighted by Gasteiger charge is -2.38. The van der Waals surface area contributed by atoms with Crippen molar-refractivity contribution in [3.05, 3.63) is 57.5 Å². The number of nitrogens with zero attached hydrogens (tertiary/aromatic N) is 3. The molecule has 2 heterocycles. The molecule has 0 saturated carbocycles. The predicted octanol–water partition coefficient (Wildman–Crippen LogP) is 6.53. The molecule has 6 nitrogen and oxygen atoms in total. The number of hydrogen-bond donors (Lipinski definition) is 3. The summed E-state index contributed by atoms with van der Waals surface area (Å²) >= 11 is 12.3. The van der Waals surface area contributed by atoms with E-state index in [2.05, 4.69) is 33.2 Å². The number of benzene rings is 1. The molecule has 200 valence electrons. The fraction of sp³-hybridized carbons (Fsp3) is 0.500. The summed E-state index contributed by atoms with van der Waals surface area (Å²) in [5.74, 6) is 0.138. The molecule has 3 N–H and O–H groups in total. The van der Waals surface area contributed by atoms with Crippen molar-refractivity contribution in [1.29, 1.82) is 5.41 Å². The average molecular weight is 556 g/mol. The first-order chi connectivity index (χ1) is 17.5. The molecule has 1 aromatic heterocycles. The fourth-order valence-electron chi connectivity index (χ4n) is 5.32. The van der Waals surface area contributed by atoms with Crippen LogP contribution in [0, 0.1) is 11.3 Å². The molecule has 1 aliphatic heterocycles. The summed E-state index contributed by atoms with van der Waals surface area (Å²) in [5, 5.41) is 21.2. The minimum atomic E-state index is -4.88. The van der Waals surface area contributed by atoms with Gasteiger partial charge in [-0.3, -0.25) is 10.3 Å². The topological polar surface area (TPSA) is 85.1 Å². The summed E-state index contributed by atoms with van der Waals surface area (Å²) in [5.41, 5.74) is -0.139. The number of nitrogens with one attached hydrogen (secondary N) is 2. The molecule has 11 heteroatoms. The maximum absolute atomic E-state index is 13.5. The molecular weight excluding hydrogens is 526 g/mol. The fourth-order valence-corrected chi connectivity index (χ4v) is 5.89. The number of aliphatic hydroxyl groups excluding tert-OH is 1. The molecule has 0 bridgehead atoms. The van der Waals surface area contributed by atoms with Crippen LogP contribution in [0.15, 0.2) is 30.5 Å². The number of aliphatic hydroxyl groups is 1. The van der Waals surface area contributed by atoms with E-state index in [1.165, 1.54) is 6.20 Å². The molecule has 0 amide bonds. The predicted molar refractivity (Wildman–Crippen MR) is 140 cm³/mol. The SMILES string of the molecule is CC(Nc1nc(C2=CCC(N3CCCC3CO)C(C)C2)cnc1C(=N)C(F)(F)F)c1ccc(Cl)cc1Cl. The van der Waals surface area contributed by atoms with Crippen LogP contribution in [0.2, 0.25) is 10.0 Å². The van der Waals surface area contributed by atoms with Gasteiger partial charge in [0.05, 0.1) is 24.5 Å². The van der Waals surface area contributed by atoms with E-state index in [1.807, 2.05) is 0 Å². The first-order valence-electron chi connectivity index (χ1n) is 12.3. The van der Waals surface area contributed by atoms with E-state index >= 15 is 0 Å². The molecule has 37 heavy (non-hydrogen) atoms. The Morgan fingerprint density at radius 2 is 2.08 bits per heavy atom. The second kappa shape index (κ2) is 11.3. The minimum absolute atomic E-state index is 0.131. The number of aromatic nitrogens is 2. The van der Waals surface area contributed by atoms with E-state index in [0.29, 0.717) is 33.8 Å². The van der Waals surface area contributed by atoms with Gasteiger partial charge in [0.15, 0.2) is 11.5 Å². The van der Waals surface area contributed by atoms with Gasteiger partial charge in [-0.25, -0.2) is 9.97 Å². The van der Waals surface area contributed by atoms with Crippen molar-refractivity contribution in [2.45, 2.75) is 63.8 Å². The third kappa shape index (κ3) is 6.11. The van der Waals surface area contributed by atoms with E-state index in [9.17, 15) is 18.3 Å². The van der Waals surface area contributed by atoms with Gasteiger partial charge in [0.2, 0.25) is 0 Å². The summed E-state index contributed by atoms with van der Waals surface area (Å²) in [4.78, 5) is 10.9. The number of hydrogen-bond acceptors (Lipinski definition) is 6. The van der Waals surface area contributed by atoms with Gasteiger partial charge in [-0.1, -0.05) is 42.3 Å². The second-order valence-corrected chi connectivity index (χ2v) is 10.6. The van der Waals surface area contributed by atoms with Crippen molar-refractivity contribution in [2.75, 3.05) is 18.5 Å². The van der Waals surface area contributed by atoms with Gasteiger partial charge in [-0.15, -0.1) is 0 Å². The van der Waals surface area contributed by atoms with Gasteiger partial charge in [0.25, 0.3) is 0 Å². The lowest BCUT2D eigenvalue weighted by molar-refractivity contribution is -0.0589. The highest BCUT2D eigenvalue weighted by molar-refractivity contribution is 6.35. The van der Waals surface area contributed by atoms with Gasteiger partial charge in [-0.2, -0.15) is 13.2 Å². The van der Waals surface area contributed by atoms with Gasteiger partial charge < -0.3 is 10.4 Å². The van der Waals surface area contributed by atoms with Crippen LogP contribution in [0.1, 0.15) is 62.5 Å². The molecule has 1 aromatic carbocycles. The van der Waals surface area contributed by atoms with Crippen LogP contribution >= 0.6 is 23.2 Å². The number of alkyl halides is 3. The van der Waals surface area contributed by atoms with Crippen molar-refractivity contribution in [2.24, 2.45) is 5.92 Å². The molecule has 2 aliphatic rings. The Morgan fingerprint density at radius 1 is 1.32 bits per heavy atom. The number of rotatable bonds is 7. The van der Waals surface area contributed by atoms with Crippen LogP contribution in [0.25, 0.3) is 5.57 Å². The van der Waals surface area contributed by atoms with Crippen molar-refractivity contribution in [3.8, 4) is 0 Å². The van der Waals surface area contributed by atoms with E-state index < -0.39 is 23.6 Å². The highest BCUT2D eigenvalue weighted by Crippen LogP contribution is 2.37. The van der Waals surface area contributed by atoms with Crippen molar-refractivity contribution >= 4 is 40.3 Å². The third-order valence-corrected chi connectivity index (χ3v) is 7.83. The van der Waals surface area contributed by atoms with Crippen molar-refractivity contribution < 1.29 is 18.3 Å². The van der Waals surface area contributed by atoms with E-state index in [-0.39, 0.29) is 24.4 Å². The Labute approximate surface area is 224 Å². The summed E-state index contributed by atoms with van der Waals surface area (Å²) in [6.45, 7) is 4.99. The summed E-state index contributed by atoms with van der Waals surface area (Å²) in [6.07, 6.45) is 1.99. The Bertz CT molecular complexity index is 1190. The molecular formula is C26H30Cl2F3N5O. The molecule has 4 rings (SSSR count). The van der Waals surface area contributed by atoms with E-state index in [4.69, 9.17) is 28.6 Å². The Morgan fingerprint density at radius 3 is 2.73 bits per heavy atom. The number of halogens is 5. The highest BCUT2D eigenvalue weighted by Gasteiger charge is 2.39. The smallest absolute Gasteiger partial charge is 0.395 e. The molecule has 2 aromatic rings. The lowest BCUT2D eigenvalue weighted by atomic mass is 9.83. The molecule has 4 atom stereocenters. The number of likely N-dealkylation sites (tertiary alicyclic amines) is 1. The molecule has 1 aliphatic carbocycles. The van der Waals surface area contributed by atoms with E-state index in [1.54, 1.807) is 25.1 Å². The number of anilines is 1. The van der Waals surface area contributed by atoms with Crippen LogP contribution < -0.4 is 5.32 Å². The molecule has 4 unspecified atom stereocenters. The monoisotopic (exact) mass is 555 g/mol. The Kier molecular flexibility index (Phi) is 8.48. The number of allylic oxidation sites excluding steroid dienone is 1. The molecule has 0 spiro atoms. The van der Waals surface area contributed by atoms with Crippen molar-refractivity contribution in [1.82, 2.24) is 14.9 Å². The molecule has 1 fully saturated rings. The van der Waals surface area contributed by atoms with Crippen LogP contribution in [-0.2, 0) is 0 Å². The van der Waals surface area contributed by atoms with Gasteiger partial charge in [0.1, 0.15) is 5.69 Å². The largest absolute Gasteiger partial charge is 0.434 e. The Balaban J connectivity index is 1.64. The zero-order valence-electron chi connectivity index (χ0n) is 20.6. The van der Waals surface area contributed by atoms with Gasteiger partial charge in [-0.05, 0) is 68.3 Å². The van der Waals surface area contributed by atoms with Crippen molar-refractivity contribution in [3.63, 3.8) is 0 Å². The van der Waals surface area contributed by atoms with Crippen LogP contribution in [-0.4, -0.2) is 57.1 Å². The van der Waals surface area contributed by atoms with E-state index in [0.717, 1.165) is 31.4 Å². The highest BCUT2D eigenvalue weighted by atomic mass is 35.5. The minimum Gasteiger partial charge on any atom is -0.395 e. The Hall–Kier alpha value is -2.20. The normalized spacial score (nSPS) is 23.6. The van der Waals surface area contributed by atoms with Gasteiger partial charge in [0, 0.05) is 22.1 Å². The summed E-state index contributed by atoms with van der Waals surface area (Å²) < 4.78 is 40.4. The standard InChI is InChI=1S/C26H30Cl2F3N5O/c1-14-10-16(5-8-22(14)36-9-3-4-18(36)13-37)21-12-33-23(24(32)26(29,30)31)25(35-21)34-15(2)19-7-6-17(27)11-20(19)28/h5-7,11-12,14-15,18,22,32,37H,3-4,8-10,13H2,1-2H3,(H,34,35). The van der Waals surface area contributed by atoms with Crippen LogP contribution in [0.5, 0.6) is 0 Å². The second-order valence-electron chi connectivity index (χ2n) is 9.79. The summed E-state index contributed by atoms with van der Waals surface area (Å²) in [6, 6.07) is 4.84. The van der Waals surface area contributed by atoms with Crippen LogP contribution in [0.4, 0.5) is 19.0 Å². The maximum atomic E-state index is 13.5. The summed E-state index contributed by atoms with van der Waals surface area (Å²) in [7, 11) is 0. The molecule has 1 saturated heterocycles. The average Bonchev–Trinajstić information content (AvgIpc) is 3.31. The van der Waals surface area contributed by atoms with Gasteiger partial charge >= 0.3 is 6.18 Å². The quantitative estimate of drug-likeness (QED) is 0.338. The maximum Gasteiger partial charge on any atom is 0.434 e. The first-order valence-corrected chi connectivity index (χ1v) is 13.1. The third-order valence-electron chi connectivity index (χ3n) is 7.27. The molecule has 0 radical (unpaired) electrons.